The summed E-state index contributed by atoms with van der Waals surface area (Å²) in [6.07, 6.45) is -0.885. The molecule has 3 N–H and O–H groups in total. The largest absolute Gasteiger partial charge is 0.490 e. The van der Waals surface area contributed by atoms with Crippen molar-refractivity contribution in [3.63, 3.8) is 0 Å². The quantitative estimate of drug-likeness (QED) is 0.497. The molecule has 0 saturated carbocycles. The van der Waals surface area contributed by atoms with Crippen molar-refractivity contribution in [2.24, 2.45) is 0 Å². The highest BCUT2D eigenvalue weighted by atomic mass is 19.4. The van der Waals surface area contributed by atoms with Crippen molar-refractivity contribution in [3.05, 3.63) is 54.4 Å². The Morgan fingerprint density at radius 2 is 1.83 bits per heavy atom. The molecule has 2 aromatic heterocycles. The number of benzene rings is 1. The number of H-pyrrole nitrogens is 1. The fourth-order valence-electron chi connectivity index (χ4n) is 3.83. The van der Waals surface area contributed by atoms with Gasteiger partial charge >= 0.3 is 12.1 Å². The average molecular weight is 492 g/mol. The Bertz CT molecular complexity index is 1160. The number of nitrogens with one attached hydrogen (secondary N) is 2. The van der Waals surface area contributed by atoms with Gasteiger partial charge in [0.2, 0.25) is 5.91 Å². The van der Waals surface area contributed by atoms with Gasteiger partial charge in [-0.2, -0.15) is 13.2 Å². The normalized spacial score (nSPS) is 15.3. The zero-order valence-corrected chi connectivity index (χ0v) is 19.5. The van der Waals surface area contributed by atoms with Crippen LogP contribution in [-0.4, -0.2) is 71.3 Å². The van der Waals surface area contributed by atoms with Gasteiger partial charge in [0.15, 0.2) is 0 Å². The maximum absolute atomic E-state index is 12.6. The van der Waals surface area contributed by atoms with Crippen LogP contribution in [0.1, 0.15) is 24.8 Å². The van der Waals surface area contributed by atoms with E-state index in [1.807, 2.05) is 30.5 Å². The smallest absolute Gasteiger partial charge is 0.475 e. The number of likely N-dealkylation sites (N-methyl/N-ethyl adjacent to an activating group) is 1. The van der Waals surface area contributed by atoms with Crippen LogP contribution >= 0.6 is 0 Å². The molecule has 11 heteroatoms. The van der Waals surface area contributed by atoms with Gasteiger partial charge < -0.3 is 25.2 Å². The van der Waals surface area contributed by atoms with E-state index in [1.165, 1.54) is 10.9 Å². The van der Waals surface area contributed by atoms with Gasteiger partial charge in [0.05, 0.1) is 0 Å². The Balaban J connectivity index is 0.000000429. The van der Waals surface area contributed by atoms with Crippen molar-refractivity contribution in [2.75, 3.05) is 43.4 Å². The first kappa shape index (κ1) is 26.0. The summed E-state index contributed by atoms with van der Waals surface area (Å²) >= 11 is 0. The second-order valence-corrected chi connectivity index (χ2v) is 8.44. The number of alkyl halides is 3. The number of rotatable bonds is 5. The van der Waals surface area contributed by atoms with Crippen LogP contribution in [0.5, 0.6) is 0 Å². The molecule has 4 rings (SSSR count). The molecule has 1 aliphatic heterocycles. The minimum atomic E-state index is -5.08. The van der Waals surface area contributed by atoms with Crippen LogP contribution in [0.25, 0.3) is 10.9 Å². The summed E-state index contributed by atoms with van der Waals surface area (Å²) in [6.45, 7) is 6.17. The number of carboxylic acid groups (broad SMARTS) is 1. The zero-order chi connectivity index (χ0) is 25.6. The zero-order valence-electron chi connectivity index (χ0n) is 19.5. The van der Waals surface area contributed by atoms with E-state index >= 15 is 0 Å². The molecule has 3 heterocycles. The van der Waals surface area contributed by atoms with Gasteiger partial charge in [-0.05, 0) is 30.7 Å². The molecule has 0 aliphatic carbocycles. The molecule has 1 atom stereocenters. The number of nitrogens with zero attached hydrogens (tertiary/aromatic N) is 3. The van der Waals surface area contributed by atoms with Gasteiger partial charge in [-0.3, -0.25) is 4.79 Å². The number of amides is 1. The second-order valence-electron chi connectivity index (χ2n) is 8.44. The third-order valence-electron chi connectivity index (χ3n) is 5.77. The van der Waals surface area contributed by atoms with Gasteiger partial charge in [0.25, 0.3) is 0 Å². The molecular weight excluding hydrogens is 463 g/mol. The standard InChI is InChI=1S/C22H27N5O.C2HF3O2/c1-16(19-15-24-20-6-4-3-5-18(19)20)13-22(28)25-21-14-17(7-8-23-21)27-11-9-26(2)10-12-27;3-2(4,5)1(6)7/h3-8,14-16,24H,9-13H2,1-2H3,(H,23,25,28);(H,6,7). The number of hydrogen-bond acceptors (Lipinski definition) is 5. The molecule has 1 saturated heterocycles. The molecule has 1 aliphatic rings. The van der Waals surface area contributed by atoms with Crippen molar-refractivity contribution < 1.29 is 27.9 Å². The summed E-state index contributed by atoms with van der Waals surface area (Å²) in [5, 5.41) is 11.3. The van der Waals surface area contributed by atoms with Crippen LogP contribution < -0.4 is 10.2 Å². The number of hydrogen-bond donors (Lipinski definition) is 3. The summed E-state index contributed by atoms with van der Waals surface area (Å²) in [5.74, 6) is -2.03. The van der Waals surface area contributed by atoms with E-state index in [2.05, 4.69) is 51.2 Å². The lowest BCUT2D eigenvalue weighted by Crippen LogP contribution is -2.44. The van der Waals surface area contributed by atoms with Crippen molar-refractivity contribution in [3.8, 4) is 0 Å². The number of aromatic nitrogens is 2. The molecule has 1 aromatic carbocycles. The molecule has 1 unspecified atom stereocenters. The number of para-hydroxylation sites is 1. The summed E-state index contributed by atoms with van der Waals surface area (Å²) in [5.41, 5.74) is 3.39. The molecule has 0 radical (unpaired) electrons. The summed E-state index contributed by atoms with van der Waals surface area (Å²) in [6, 6.07) is 12.2. The number of aliphatic carboxylic acids is 1. The predicted molar refractivity (Wildman–Crippen MR) is 128 cm³/mol. The molecular formula is C24H28F3N5O3. The number of halogens is 3. The summed E-state index contributed by atoms with van der Waals surface area (Å²) < 4.78 is 31.7. The minimum Gasteiger partial charge on any atom is -0.475 e. The number of fused-ring (bicyclic) bond motifs is 1. The summed E-state index contributed by atoms with van der Waals surface area (Å²) in [7, 11) is 2.14. The van der Waals surface area contributed by atoms with E-state index in [-0.39, 0.29) is 11.8 Å². The van der Waals surface area contributed by atoms with E-state index in [0.29, 0.717) is 12.2 Å². The minimum absolute atomic E-state index is 0.0131. The molecule has 0 spiro atoms. The topological polar surface area (TPSA) is 102 Å². The van der Waals surface area contributed by atoms with E-state index in [1.54, 1.807) is 6.20 Å². The lowest BCUT2D eigenvalue weighted by atomic mass is 9.97. The van der Waals surface area contributed by atoms with Gasteiger partial charge in [-0.25, -0.2) is 9.78 Å². The second kappa shape index (κ2) is 11.2. The monoisotopic (exact) mass is 491 g/mol. The molecule has 0 bridgehead atoms. The van der Waals surface area contributed by atoms with Gasteiger partial charge in [0, 0.05) is 67.7 Å². The van der Waals surface area contributed by atoms with Crippen LogP contribution in [0, 0.1) is 0 Å². The molecule has 188 valence electrons. The Kier molecular flexibility index (Phi) is 8.34. The first-order chi connectivity index (χ1) is 16.5. The molecule has 1 fully saturated rings. The van der Waals surface area contributed by atoms with Crippen LogP contribution in [0.2, 0.25) is 0 Å². The first-order valence-electron chi connectivity index (χ1n) is 11.1. The fraction of sp³-hybridized carbons (Fsp3) is 0.375. The van der Waals surface area contributed by atoms with Crippen molar-refractivity contribution in [2.45, 2.75) is 25.4 Å². The van der Waals surface area contributed by atoms with Crippen molar-refractivity contribution in [1.82, 2.24) is 14.9 Å². The van der Waals surface area contributed by atoms with Crippen LogP contribution in [0.4, 0.5) is 24.7 Å². The van der Waals surface area contributed by atoms with Gasteiger partial charge in [0.1, 0.15) is 5.82 Å². The lowest BCUT2D eigenvalue weighted by molar-refractivity contribution is -0.192. The van der Waals surface area contributed by atoms with E-state index in [0.717, 1.165) is 37.4 Å². The molecule has 3 aromatic rings. The van der Waals surface area contributed by atoms with Crippen LogP contribution in [-0.2, 0) is 9.59 Å². The SMILES string of the molecule is CC(CC(=O)Nc1cc(N2CCN(C)CC2)ccn1)c1c[nH]c2ccccc12.O=C(O)C(F)(F)F. The number of carbonyl (C=O) groups is 2. The maximum atomic E-state index is 12.6. The predicted octanol–water partition coefficient (Wildman–Crippen LogP) is 4.08. The number of anilines is 2. The Morgan fingerprint density at radius 3 is 2.49 bits per heavy atom. The molecule has 8 nitrogen and oxygen atoms in total. The van der Waals surface area contributed by atoms with Crippen molar-refractivity contribution >= 4 is 34.3 Å². The van der Waals surface area contributed by atoms with E-state index < -0.39 is 12.1 Å². The lowest BCUT2D eigenvalue weighted by Gasteiger charge is -2.34. The third-order valence-corrected chi connectivity index (χ3v) is 5.77. The molecule has 1 amide bonds. The maximum Gasteiger partial charge on any atom is 0.490 e. The average Bonchev–Trinajstić information content (AvgIpc) is 3.24. The Hall–Kier alpha value is -3.60. The van der Waals surface area contributed by atoms with Crippen LogP contribution in [0.3, 0.4) is 0 Å². The molecule has 35 heavy (non-hydrogen) atoms. The van der Waals surface area contributed by atoms with Gasteiger partial charge in [-0.1, -0.05) is 25.1 Å². The highest BCUT2D eigenvalue weighted by molar-refractivity contribution is 5.91. The third kappa shape index (κ3) is 7.19. The highest BCUT2D eigenvalue weighted by Gasteiger charge is 2.38. The first-order valence-corrected chi connectivity index (χ1v) is 11.1. The Morgan fingerprint density at radius 1 is 1.17 bits per heavy atom. The number of carboxylic acids is 1. The Labute approximate surface area is 200 Å². The summed E-state index contributed by atoms with van der Waals surface area (Å²) in [4.78, 5) is 33.8. The number of carbonyl (C=O) groups excluding carboxylic acids is 1. The van der Waals surface area contributed by atoms with E-state index in [9.17, 15) is 18.0 Å². The number of piperazine rings is 1. The van der Waals surface area contributed by atoms with Crippen molar-refractivity contribution in [1.29, 1.82) is 0 Å². The van der Waals surface area contributed by atoms with Crippen LogP contribution in [0.15, 0.2) is 48.8 Å². The fourth-order valence-corrected chi connectivity index (χ4v) is 3.83. The van der Waals surface area contributed by atoms with Gasteiger partial charge in [-0.15, -0.1) is 0 Å². The number of pyridine rings is 1. The number of aromatic amines is 1. The highest BCUT2D eigenvalue weighted by Crippen LogP contribution is 2.28. The van der Waals surface area contributed by atoms with E-state index in [4.69, 9.17) is 9.90 Å².